The van der Waals surface area contributed by atoms with Gasteiger partial charge in [-0.25, -0.2) is 5.84 Å². The van der Waals surface area contributed by atoms with Crippen molar-refractivity contribution in [1.29, 1.82) is 0 Å². The van der Waals surface area contributed by atoms with Crippen molar-refractivity contribution in [3.05, 3.63) is 29.8 Å². The minimum atomic E-state index is 0.591. The number of piperidine rings is 1. The van der Waals surface area contributed by atoms with Gasteiger partial charge in [0.25, 0.3) is 0 Å². The number of hydrogen-bond acceptors (Lipinski definition) is 4. The zero-order valence-corrected chi connectivity index (χ0v) is 14.1. The summed E-state index contributed by atoms with van der Waals surface area (Å²) in [5.41, 5.74) is 3.83. The van der Waals surface area contributed by atoms with E-state index >= 15 is 0 Å². The van der Waals surface area contributed by atoms with Crippen LogP contribution in [0.5, 0.6) is 5.75 Å². The Morgan fingerprint density at radius 1 is 1.30 bits per heavy atom. The van der Waals surface area contributed by atoms with Gasteiger partial charge < -0.3 is 10.1 Å². The second-order valence-electron chi connectivity index (χ2n) is 5.81. The quantitative estimate of drug-likeness (QED) is 0.233. The standard InChI is InChI=1S/C17H29N5O/c1-19-17(21-18)20-9-6-12-23-16-8-5-7-15(13-16)14-22-10-3-2-4-11-22/h5,7-8,13H,2-4,6,9-12,14,18H2,1H3,(H2,19,20,21). The Bertz CT molecular complexity index is 480. The van der Waals surface area contributed by atoms with E-state index in [4.69, 9.17) is 10.6 Å². The van der Waals surface area contributed by atoms with Gasteiger partial charge in [-0.3, -0.25) is 15.3 Å². The van der Waals surface area contributed by atoms with Gasteiger partial charge in [0.1, 0.15) is 5.75 Å². The monoisotopic (exact) mass is 319 g/mol. The average Bonchev–Trinajstić information content (AvgIpc) is 2.59. The number of benzene rings is 1. The lowest BCUT2D eigenvalue weighted by molar-refractivity contribution is 0.220. The van der Waals surface area contributed by atoms with Crippen molar-refractivity contribution < 1.29 is 4.74 Å². The molecule has 1 saturated heterocycles. The van der Waals surface area contributed by atoms with E-state index in [1.807, 2.05) is 6.07 Å². The fourth-order valence-corrected chi connectivity index (χ4v) is 2.75. The van der Waals surface area contributed by atoms with E-state index in [-0.39, 0.29) is 0 Å². The summed E-state index contributed by atoms with van der Waals surface area (Å²) in [4.78, 5) is 6.79. The lowest BCUT2D eigenvalue weighted by Gasteiger charge is -2.26. The first kappa shape index (κ1) is 17.6. The van der Waals surface area contributed by atoms with Crippen molar-refractivity contribution in [2.45, 2.75) is 32.2 Å². The molecule has 1 aromatic carbocycles. The molecule has 23 heavy (non-hydrogen) atoms. The Hall–Kier alpha value is -1.79. The number of hydrogen-bond donors (Lipinski definition) is 3. The van der Waals surface area contributed by atoms with Crippen LogP contribution in [0.25, 0.3) is 0 Å². The van der Waals surface area contributed by atoms with Gasteiger partial charge in [0, 0.05) is 26.6 Å². The Kier molecular flexibility index (Phi) is 7.69. The van der Waals surface area contributed by atoms with Crippen LogP contribution in [-0.2, 0) is 6.54 Å². The number of nitrogens with two attached hydrogens (primary N) is 1. The topological polar surface area (TPSA) is 74.9 Å². The smallest absolute Gasteiger partial charge is 0.205 e. The predicted octanol–water partition coefficient (Wildman–Crippen LogP) is 1.48. The van der Waals surface area contributed by atoms with Crippen LogP contribution >= 0.6 is 0 Å². The first-order valence-corrected chi connectivity index (χ1v) is 8.44. The van der Waals surface area contributed by atoms with Crippen molar-refractivity contribution in [3.63, 3.8) is 0 Å². The molecule has 0 radical (unpaired) electrons. The molecule has 0 bridgehead atoms. The SMILES string of the molecule is CNC(=NCCCOc1cccc(CN2CCCCC2)c1)NN. The predicted molar refractivity (Wildman–Crippen MR) is 94.4 cm³/mol. The van der Waals surface area contributed by atoms with E-state index < -0.39 is 0 Å². The summed E-state index contributed by atoms with van der Waals surface area (Å²) < 4.78 is 5.83. The third-order valence-electron chi connectivity index (χ3n) is 3.97. The minimum absolute atomic E-state index is 0.591. The average molecular weight is 319 g/mol. The first-order valence-electron chi connectivity index (χ1n) is 8.44. The van der Waals surface area contributed by atoms with E-state index in [9.17, 15) is 0 Å². The summed E-state index contributed by atoms with van der Waals surface area (Å²) in [6.45, 7) is 4.78. The second-order valence-corrected chi connectivity index (χ2v) is 5.81. The van der Waals surface area contributed by atoms with Crippen molar-refractivity contribution in [2.24, 2.45) is 10.8 Å². The molecule has 2 rings (SSSR count). The zero-order chi connectivity index (χ0) is 16.3. The molecular weight excluding hydrogens is 290 g/mol. The normalized spacial score (nSPS) is 16.2. The Balaban J connectivity index is 1.73. The van der Waals surface area contributed by atoms with Crippen LogP contribution in [0, 0.1) is 0 Å². The molecule has 128 valence electrons. The molecule has 4 N–H and O–H groups in total. The maximum atomic E-state index is 5.83. The number of aliphatic imine (C=N–C) groups is 1. The molecule has 1 aromatic rings. The second kappa shape index (κ2) is 10.1. The molecule has 6 nitrogen and oxygen atoms in total. The van der Waals surface area contributed by atoms with Gasteiger partial charge in [-0.05, 0) is 43.6 Å². The van der Waals surface area contributed by atoms with Crippen LogP contribution in [0.3, 0.4) is 0 Å². The molecule has 0 spiro atoms. The first-order chi connectivity index (χ1) is 11.3. The summed E-state index contributed by atoms with van der Waals surface area (Å²) >= 11 is 0. The Labute approximate surface area is 139 Å². The van der Waals surface area contributed by atoms with E-state index in [1.165, 1.54) is 37.9 Å². The van der Waals surface area contributed by atoms with Gasteiger partial charge in [-0.1, -0.05) is 18.6 Å². The summed E-state index contributed by atoms with van der Waals surface area (Å²) in [6.07, 6.45) is 4.87. The maximum absolute atomic E-state index is 5.83. The highest BCUT2D eigenvalue weighted by atomic mass is 16.5. The fourth-order valence-electron chi connectivity index (χ4n) is 2.75. The molecule has 1 fully saturated rings. The van der Waals surface area contributed by atoms with E-state index in [2.05, 4.69) is 38.8 Å². The summed E-state index contributed by atoms with van der Waals surface area (Å²) in [5.74, 6) is 6.83. The molecule has 1 aliphatic rings. The van der Waals surface area contributed by atoms with Crippen LogP contribution in [0.1, 0.15) is 31.2 Å². The lowest BCUT2D eigenvalue weighted by Crippen LogP contribution is -2.39. The molecule has 0 aliphatic carbocycles. The van der Waals surface area contributed by atoms with Gasteiger partial charge in [0.2, 0.25) is 5.96 Å². The van der Waals surface area contributed by atoms with Gasteiger partial charge >= 0.3 is 0 Å². The molecule has 0 saturated carbocycles. The van der Waals surface area contributed by atoms with Crippen molar-refractivity contribution in [1.82, 2.24) is 15.6 Å². The number of nitrogens with zero attached hydrogens (tertiary/aromatic N) is 2. The number of nitrogens with one attached hydrogen (secondary N) is 2. The number of hydrazine groups is 1. The lowest BCUT2D eigenvalue weighted by atomic mass is 10.1. The van der Waals surface area contributed by atoms with E-state index in [0.29, 0.717) is 19.1 Å². The molecule has 6 heteroatoms. The molecule has 1 heterocycles. The van der Waals surface area contributed by atoms with Crippen molar-refractivity contribution in [2.75, 3.05) is 33.3 Å². The van der Waals surface area contributed by atoms with Crippen molar-refractivity contribution >= 4 is 5.96 Å². The highest BCUT2D eigenvalue weighted by Crippen LogP contribution is 2.17. The van der Waals surface area contributed by atoms with Gasteiger partial charge in [-0.15, -0.1) is 0 Å². The summed E-state index contributed by atoms with van der Waals surface area (Å²) in [5, 5.41) is 2.87. The highest BCUT2D eigenvalue weighted by Gasteiger charge is 2.10. The molecule has 0 atom stereocenters. The molecule has 0 aromatic heterocycles. The molecule has 1 aliphatic heterocycles. The zero-order valence-electron chi connectivity index (χ0n) is 14.1. The van der Waals surface area contributed by atoms with E-state index in [0.717, 1.165) is 18.7 Å². The third kappa shape index (κ3) is 6.46. The summed E-state index contributed by atoms with van der Waals surface area (Å²) in [7, 11) is 1.78. The third-order valence-corrected chi connectivity index (χ3v) is 3.97. The van der Waals surface area contributed by atoms with Crippen LogP contribution < -0.4 is 21.3 Å². The number of rotatable bonds is 7. The molecule has 0 amide bonds. The Morgan fingerprint density at radius 2 is 2.13 bits per heavy atom. The minimum Gasteiger partial charge on any atom is -0.494 e. The van der Waals surface area contributed by atoms with Gasteiger partial charge in [-0.2, -0.15) is 0 Å². The number of ether oxygens (including phenoxy) is 1. The van der Waals surface area contributed by atoms with Gasteiger partial charge in [0.15, 0.2) is 0 Å². The van der Waals surface area contributed by atoms with Gasteiger partial charge in [0.05, 0.1) is 6.61 Å². The van der Waals surface area contributed by atoms with Crippen LogP contribution in [-0.4, -0.2) is 44.1 Å². The van der Waals surface area contributed by atoms with Crippen LogP contribution in [0.4, 0.5) is 0 Å². The highest BCUT2D eigenvalue weighted by molar-refractivity contribution is 5.78. The number of guanidine groups is 1. The Morgan fingerprint density at radius 3 is 2.87 bits per heavy atom. The molecular formula is C17H29N5O. The number of likely N-dealkylation sites (tertiary alicyclic amines) is 1. The van der Waals surface area contributed by atoms with Crippen LogP contribution in [0.2, 0.25) is 0 Å². The fraction of sp³-hybridized carbons (Fsp3) is 0.588. The van der Waals surface area contributed by atoms with Crippen molar-refractivity contribution in [3.8, 4) is 5.75 Å². The van der Waals surface area contributed by atoms with Crippen LogP contribution in [0.15, 0.2) is 29.3 Å². The molecule has 0 unspecified atom stereocenters. The van der Waals surface area contributed by atoms with E-state index in [1.54, 1.807) is 7.05 Å². The largest absolute Gasteiger partial charge is 0.494 e. The summed E-state index contributed by atoms with van der Waals surface area (Å²) in [6, 6.07) is 8.42. The maximum Gasteiger partial charge on any atom is 0.205 e.